The van der Waals surface area contributed by atoms with E-state index in [1.165, 1.54) is 30.3 Å². The molecule has 3 heterocycles. The molecular formula is C28H20N2O9. The standard InChI is InChI=1S/C28H20N2O9/c31-15-5-8-19-22(12-15)37-23-13-16(32)6-9-20(23)28(19)18-7-4-14(11-17(18)25(34)39-28)24(33)29-10-2-1-3-21-26(35)38-27(36)30-21/h4-9,11-13,31-32H,1-3,10H2,(H,29,33). The number of unbranched alkanes of at least 4 members (excludes halogenated alkanes) is 1. The van der Waals surface area contributed by atoms with E-state index in [4.69, 9.17) is 9.47 Å². The smallest absolute Gasteiger partial charge is 0.442 e. The second kappa shape index (κ2) is 8.98. The highest BCUT2D eigenvalue weighted by Gasteiger charge is 2.53. The van der Waals surface area contributed by atoms with Gasteiger partial charge in [-0.1, -0.05) is 6.07 Å². The number of esters is 2. The molecule has 0 bridgehead atoms. The summed E-state index contributed by atoms with van der Waals surface area (Å²) in [4.78, 5) is 51.9. The lowest BCUT2D eigenvalue weighted by Gasteiger charge is -2.36. The number of nitrogens with one attached hydrogen (secondary N) is 1. The van der Waals surface area contributed by atoms with E-state index in [-0.39, 0.29) is 46.3 Å². The van der Waals surface area contributed by atoms with Crippen LogP contribution in [-0.2, 0) is 19.9 Å². The molecule has 0 radical (unpaired) electrons. The van der Waals surface area contributed by atoms with Crippen LogP contribution in [0.4, 0.5) is 4.79 Å². The monoisotopic (exact) mass is 528 g/mol. The van der Waals surface area contributed by atoms with E-state index in [0.717, 1.165) is 0 Å². The number of benzene rings is 3. The van der Waals surface area contributed by atoms with Gasteiger partial charge < -0.3 is 29.7 Å². The van der Waals surface area contributed by atoms with E-state index in [0.29, 0.717) is 36.1 Å². The van der Waals surface area contributed by atoms with Crippen LogP contribution in [0.25, 0.3) is 0 Å². The molecule has 0 fully saturated rings. The van der Waals surface area contributed by atoms with Crippen molar-refractivity contribution in [2.24, 2.45) is 4.99 Å². The third-order valence-corrected chi connectivity index (χ3v) is 6.80. The molecule has 196 valence electrons. The van der Waals surface area contributed by atoms with E-state index >= 15 is 0 Å². The number of hydrogen-bond acceptors (Lipinski definition) is 9. The molecule has 3 aliphatic rings. The predicted molar refractivity (Wildman–Crippen MR) is 133 cm³/mol. The number of phenols is 2. The Morgan fingerprint density at radius 2 is 1.49 bits per heavy atom. The lowest BCUT2D eigenvalue weighted by Crippen LogP contribution is -2.33. The highest BCUT2D eigenvalue weighted by Crippen LogP contribution is 2.57. The molecule has 0 atom stereocenters. The fourth-order valence-corrected chi connectivity index (χ4v) is 5.04. The lowest BCUT2D eigenvalue weighted by atomic mass is 9.77. The summed E-state index contributed by atoms with van der Waals surface area (Å²) < 4.78 is 16.3. The Morgan fingerprint density at radius 3 is 2.13 bits per heavy atom. The summed E-state index contributed by atoms with van der Waals surface area (Å²) in [6.45, 7) is 0.297. The number of hydrogen-bond donors (Lipinski definition) is 3. The topological polar surface area (TPSA) is 161 Å². The molecule has 0 aliphatic carbocycles. The lowest BCUT2D eigenvalue weighted by molar-refractivity contribution is -0.128. The number of ether oxygens (including phenoxy) is 3. The van der Waals surface area contributed by atoms with Gasteiger partial charge in [0.2, 0.25) is 0 Å². The Morgan fingerprint density at radius 1 is 0.821 bits per heavy atom. The Hall–Kier alpha value is -5.19. The number of phenolic OH excluding ortho intramolecular Hbond substituents is 2. The number of fused-ring (bicyclic) bond motifs is 6. The quantitative estimate of drug-likeness (QED) is 0.246. The van der Waals surface area contributed by atoms with Crippen LogP contribution >= 0.6 is 0 Å². The molecule has 11 nitrogen and oxygen atoms in total. The first-order valence-electron chi connectivity index (χ1n) is 12.1. The molecule has 0 aromatic heterocycles. The molecular weight excluding hydrogens is 508 g/mol. The van der Waals surface area contributed by atoms with Gasteiger partial charge in [-0.15, -0.1) is 0 Å². The van der Waals surface area contributed by atoms with E-state index in [9.17, 15) is 29.4 Å². The zero-order valence-electron chi connectivity index (χ0n) is 20.2. The van der Waals surface area contributed by atoms with Crippen LogP contribution in [0, 0.1) is 0 Å². The Kier molecular flexibility index (Phi) is 5.56. The van der Waals surface area contributed by atoms with Gasteiger partial charge in [0.05, 0.1) is 5.56 Å². The summed E-state index contributed by atoms with van der Waals surface area (Å²) >= 11 is 0. The molecule has 3 N–H and O–H groups in total. The van der Waals surface area contributed by atoms with Crippen LogP contribution in [0.2, 0.25) is 0 Å². The summed E-state index contributed by atoms with van der Waals surface area (Å²) in [5, 5.41) is 22.8. The number of rotatable bonds is 6. The highest BCUT2D eigenvalue weighted by atomic mass is 16.6. The zero-order valence-corrected chi connectivity index (χ0v) is 20.2. The van der Waals surface area contributed by atoms with Crippen molar-refractivity contribution in [1.29, 1.82) is 0 Å². The van der Waals surface area contributed by atoms with Crippen molar-refractivity contribution in [1.82, 2.24) is 5.32 Å². The van der Waals surface area contributed by atoms with Gasteiger partial charge in [-0.2, -0.15) is 4.99 Å². The molecule has 0 unspecified atom stereocenters. The minimum Gasteiger partial charge on any atom is -0.508 e. The van der Waals surface area contributed by atoms with Crippen LogP contribution in [0.5, 0.6) is 23.0 Å². The maximum Gasteiger partial charge on any atom is 0.442 e. The van der Waals surface area contributed by atoms with Gasteiger partial charge in [0.1, 0.15) is 28.7 Å². The predicted octanol–water partition coefficient (Wildman–Crippen LogP) is 3.68. The van der Waals surface area contributed by atoms with Crippen LogP contribution in [0.1, 0.15) is 56.7 Å². The van der Waals surface area contributed by atoms with Gasteiger partial charge in [-0.25, -0.2) is 14.4 Å². The molecule has 11 heteroatoms. The minimum absolute atomic E-state index is 0.0475. The molecule has 3 aromatic rings. The maximum atomic E-state index is 13.2. The Labute approximate surface area is 220 Å². The number of cyclic esters (lactones) is 2. The first-order chi connectivity index (χ1) is 18.8. The fraction of sp³-hybridized carbons (Fsp3) is 0.179. The Bertz CT molecular complexity index is 1570. The highest BCUT2D eigenvalue weighted by molar-refractivity contribution is 6.42. The van der Waals surface area contributed by atoms with Gasteiger partial charge in [0.25, 0.3) is 5.91 Å². The van der Waals surface area contributed by atoms with Crippen molar-refractivity contribution >= 4 is 29.7 Å². The van der Waals surface area contributed by atoms with Crippen molar-refractivity contribution in [3.63, 3.8) is 0 Å². The zero-order chi connectivity index (χ0) is 27.3. The number of nitrogens with zero attached hydrogens (tertiary/aromatic N) is 1. The van der Waals surface area contributed by atoms with Crippen molar-refractivity contribution in [2.45, 2.75) is 24.9 Å². The first kappa shape index (κ1) is 24.2. The number of aliphatic imine (C=N–C) groups is 1. The average Bonchev–Trinajstić information content (AvgIpc) is 3.38. The summed E-state index contributed by atoms with van der Waals surface area (Å²) in [6.07, 6.45) is 0.376. The second-order valence-electron chi connectivity index (χ2n) is 9.22. The van der Waals surface area contributed by atoms with E-state index in [1.54, 1.807) is 24.3 Å². The second-order valence-corrected chi connectivity index (χ2v) is 9.22. The van der Waals surface area contributed by atoms with Crippen LogP contribution in [0.3, 0.4) is 0 Å². The van der Waals surface area contributed by atoms with E-state index in [1.807, 2.05) is 0 Å². The normalized spacial score (nSPS) is 16.0. The van der Waals surface area contributed by atoms with Crippen molar-refractivity contribution in [3.05, 3.63) is 82.4 Å². The summed E-state index contributed by atoms with van der Waals surface area (Å²) in [7, 11) is 0. The molecule has 6 rings (SSSR count). The van der Waals surface area contributed by atoms with Crippen LogP contribution in [-0.4, -0.2) is 46.4 Å². The molecule has 1 spiro atoms. The van der Waals surface area contributed by atoms with Crippen LogP contribution < -0.4 is 10.1 Å². The fourth-order valence-electron chi connectivity index (χ4n) is 5.04. The minimum atomic E-state index is -1.41. The van der Waals surface area contributed by atoms with Gasteiger partial charge in [0.15, 0.2) is 5.60 Å². The molecule has 3 aliphatic heterocycles. The summed E-state index contributed by atoms with van der Waals surface area (Å²) in [6, 6.07) is 13.6. The number of amides is 2. The van der Waals surface area contributed by atoms with Gasteiger partial charge in [-0.05, 0) is 55.7 Å². The van der Waals surface area contributed by atoms with Crippen molar-refractivity contribution in [3.8, 4) is 23.0 Å². The third kappa shape index (κ3) is 3.95. The largest absolute Gasteiger partial charge is 0.508 e. The molecule has 39 heavy (non-hydrogen) atoms. The van der Waals surface area contributed by atoms with Gasteiger partial charge >= 0.3 is 18.0 Å². The van der Waals surface area contributed by atoms with Gasteiger partial charge in [0, 0.05) is 40.9 Å². The van der Waals surface area contributed by atoms with Crippen molar-refractivity contribution in [2.75, 3.05) is 6.54 Å². The van der Waals surface area contributed by atoms with E-state index < -0.39 is 29.5 Å². The van der Waals surface area contributed by atoms with Crippen molar-refractivity contribution < 1.29 is 43.6 Å². The third-order valence-electron chi connectivity index (χ3n) is 6.80. The summed E-state index contributed by atoms with van der Waals surface area (Å²) in [5.74, 6) is -1.36. The van der Waals surface area contributed by atoms with Gasteiger partial charge in [-0.3, -0.25) is 4.79 Å². The summed E-state index contributed by atoms with van der Waals surface area (Å²) in [5.41, 5.74) is 0.577. The average molecular weight is 528 g/mol. The Balaban J connectivity index is 1.25. The molecule has 0 saturated carbocycles. The molecule has 3 aromatic carbocycles. The molecule has 2 amide bonds. The molecule has 0 saturated heterocycles. The SMILES string of the molecule is O=C1N=C(CCCCNC(=O)c2ccc3c(c2)C(=O)OC32c3ccc(O)cc3Oc3cc(O)ccc32)C(=O)O1. The number of carbonyl (C=O) groups excluding carboxylic acids is 4. The number of aromatic hydroxyl groups is 2. The van der Waals surface area contributed by atoms with Crippen LogP contribution in [0.15, 0.2) is 59.6 Å². The van der Waals surface area contributed by atoms with E-state index in [2.05, 4.69) is 15.0 Å². The number of carbonyl (C=O) groups is 4. The first-order valence-corrected chi connectivity index (χ1v) is 12.1. The maximum absolute atomic E-state index is 13.2.